The van der Waals surface area contributed by atoms with Crippen LogP contribution < -0.4 is 4.31 Å². The second kappa shape index (κ2) is 8.11. The van der Waals surface area contributed by atoms with Gasteiger partial charge in [0.1, 0.15) is 11.9 Å². The zero-order valence-electron chi connectivity index (χ0n) is 18.0. The van der Waals surface area contributed by atoms with Crippen molar-refractivity contribution in [1.29, 1.82) is 0 Å². The fourth-order valence-corrected chi connectivity index (χ4v) is 7.45. The van der Waals surface area contributed by atoms with Gasteiger partial charge < -0.3 is 4.74 Å². The summed E-state index contributed by atoms with van der Waals surface area (Å²) in [5.74, 6) is 0.262. The molecule has 2 unspecified atom stereocenters. The molecular weight excluding hydrogens is 405 g/mol. The second-order valence-corrected chi connectivity index (χ2v) is 11.4. The van der Waals surface area contributed by atoms with E-state index in [1.165, 1.54) is 16.4 Å². The normalized spacial score (nSPS) is 33.5. The number of halogens is 1. The van der Waals surface area contributed by atoms with Gasteiger partial charge in [0.25, 0.3) is 0 Å². The van der Waals surface area contributed by atoms with Crippen LogP contribution in [0.4, 0.5) is 10.1 Å². The molecule has 2 saturated heterocycles. The Balaban J connectivity index is 1.50. The van der Waals surface area contributed by atoms with Crippen LogP contribution in [-0.4, -0.2) is 62.3 Å². The number of anilines is 1. The standard InChI is InChI=1S/C22H32FN3O3S/c1-16(2)11-20-21(29-15-24-20)14-25-9-7-22(13-17(25)3)8-10-30(27,28)26(22)19-6-4-5-18(23)12-19/h4-6,12,15-17,20-21H,7-11,13-14H2,1-3H3/t17-,20?,21?,22-/m0/s1. The zero-order valence-corrected chi connectivity index (χ0v) is 18.8. The largest absolute Gasteiger partial charge is 0.477 e. The molecule has 1 aromatic rings. The lowest BCUT2D eigenvalue weighted by molar-refractivity contribution is 0.0569. The summed E-state index contributed by atoms with van der Waals surface area (Å²) in [5.41, 5.74) is -0.0370. The first-order valence-corrected chi connectivity index (χ1v) is 12.5. The number of nitrogens with zero attached hydrogens (tertiary/aromatic N) is 3. The Labute approximate surface area is 179 Å². The van der Waals surface area contributed by atoms with Gasteiger partial charge in [0.2, 0.25) is 10.0 Å². The maximum absolute atomic E-state index is 13.9. The van der Waals surface area contributed by atoms with Gasteiger partial charge in [-0.1, -0.05) is 19.9 Å². The first kappa shape index (κ1) is 21.6. The van der Waals surface area contributed by atoms with Gasteiger partial charge in [0.15, 0.2) is 6.40 Å². The van der Waals surface area contributed by atoms with Gasteiger partial charge in [0.05, 0.1) is 23.0 Å². The fraction of sp³-hybridized carbons (Fsp3) is 0.682. The van der Waals surface area contributed by atoms with E-state index in [0.717, 1.165) is 32.4 Å². The minimum atomic E-state index is -3.45. The number of likely N-dealkylation sites (tertiary alicyclic amines) is 1. The van der Waals surface area contributed by atoms with E-state index in [2.05, 4.69) is 30.7 Å². The molecule has 0 bridgehead atoms. The van der Waals surface area contributed by atoms with Crippen molar-refractivity contribution in [3.63, 3.8) is 0 Å². The lowest BCUT2D eigenvalue weighted by atomic mass is 9.81. The summed E-state index contributed by atoms with van der Waals surface area (Å²) in [5, 5.41) is 0. The van der Waals surface area contributed by atoms with Gasteiger partial charge in [-0.2, -0.15) is 0 Å². The summed E-state index contributed by atoms with van der Waals surface area (Å²) in [7, 11) is -3.45. The van der Waals surface area contributed by atoms with Gasteiger partial charge in [-0.25, -0.2) is 12.8 Å². The monoisotopic (exact) mass is 437 g/mol. The van der Waals surface area contributed by atoms with Crippen molar-refractivity contribution in [3.8, 4) is 0 Å². The molecule has 166 valence electrons. The van der Waals surface area contributed by atoms with Gasteiger partial charge in [0, 0.05) is 19.1 Å². The molecule has 4 atom stereocenters. The van der Waals surface area contributed by atoms with Crippen LogP contribution in [0.5, 0.6) is 0 Å². The van der Waals surface area contributed by atoms with Crippen LogP contribution in [0.25, 0.3) is 0 Å². The van der Waals surface area contributed by atoms with Crippen LogP contribution in [0.15, 0.2) is 29.3 Å². The number of sulfonamides is 1. The van der Waals surface area contributed by atoms with Gasteiger partial charge >= 0.3 is 0 Å². The number of hydrogen-bond donors (Lipinski definition) is 0. The first-order valence-electron chi connectivity index (χ1n) is 10.9. The number of benzene rings is 1. The maximum Gasteiger partial charge on any atom is 0.235 e. The highest BCUT2D eigenvalue weighted by molar-refractivity contribution is 7.93. The van der Waals surface area contributed by atoms with E-state index >= 15 is 0 Å². The second-order valence-electron chi connectivity index (χ2n) is 9.46. The van der Waals surface area contributed by atoms with Crippen molar-refractivity contribution in [2.24, 2.45) is 10.9 Å². The van der Waals surface area contributed by atoms with Crippen molar-refractivity contribution in [1.82, 2.24) is 4.90 Å². The molecule has 8 heteroatoms. The van der Waals surface area contributed by atoms with Crippen molar-refractivity contribution in [2.45, 2.75) is 70.2 Å². The summed E-state index contributed by atoms with van der Waals surface area (Å²) < 4.78 is 47.0. The van der Waals surface area contributed by atoms with Gasteiger partial charge in [-0.3, -0.25) is 14.2 Å². The molecule has 0 N–H and O–H groups in total. The quantitative estimate of drug-likeness (QED) is 0.708. The topological polar surface area (TPSA) is 62.2 Å². The van der Waals surface area contributed by atoms with Crippen molar-refractivity contribution in [2.75, 3.05) is 23.1 Å². The van der Waals surface area contributed by atoms with E-state index in [9.17, 15) is 12.8 Å². The summed E-state index contributed by atoms with van der Waals surface area (Å²) in [6, 6.07) is 6.35. The molecule has 3 aliphatic rings. The number of rotatable bonds is 5. The Morgan fingerprint density at radius 2 is 2.13 bits per heavy atom. The summed E-state index contributed by atoms with van der Waals surface area (Å²) in [4.78, 5) is 6.90. The van der Waals surface area contributed by atoms with Gasteiger partial charge in [-0.15, -0.1) is 0 Å². The maximum atomic E-state index is 13.9. The van der Waals surface area contributed by atoms with Crippen LogP contribution in [-0.2, 0) is 14.8 Å². The fourth-order valence-electron chi connectivity index (χ4n) is 5.35. The van der Waals surface area contributed by atoms with E-state index in [1.807, 2.05) is 0 Å². The summed E-state index contributed by atoms with van der Waals surface area (Å²) >= 11 is 0. The molecule has 4 rings (SSSR count). The van der Waals surface area contributed by atoms with Gasteiger partial charge in [-0.05, 0) is 56.7 Å². The molecule has 0 radical (unpaired) electrons. The number of aliphatic imine (C=N–C) groups is 1. The third-order valence-corrected chi connectivity index (χ3v) is 8.66. The average Bonchev–Trinajstić information content (AvgIpc) is 3.19. The van der Waals surface area contributed by atoms with E-state index in [4.69, 9.17) is 4.74 Å². The third kappa shape index (κ3) is 4.08. The van der Waals surface area contributed by atoms with Crippen LogP contribution in [0, 0.1) is 11.7 Å². The van der Waals surface area contributed by atoms with Crippen LogP contribution in [0.2, 0.25) is 0 Å². The highest BCUT2D eigenvalue weighted by atomic mass is 32.2. The van der Waals surface area contributed by atoms with Crippen LogP contribution >= 0.6 is 0 Å². The molecule has 0 saturated carbocycles. The predicted octanol–water partition coefficient (Wildman–Crippen LogP) is 3.43. The molecule has 3 aliphatic heterocycles. The third-order valence-electron chi connectivity index (χ3n) is 6.78. The number of piperidine rings is 1. The van der Waals surface area contributed by atoms with Crippen molar-refractivity contribution < 1.29 is 17.5 Å². The highest BCUT2D eigenvalue weighted by Gasteiger charge is 2.52. The van der Waals surface area contributed by atoms with E-state index in [-0.39, 0.29) is 23.9 Å². The smallest absolute Gasteiger partial charge is 0.235 e. The average molecular weight is 438 g/mol. The Kier molecular flexibility index (Phi) is 5.83. The first-order chi connectivity index (χ1) is 14.2. The zero-order chi connectivity index (χ0) is 21.5. The molecule has 0 aromatic heterocycles. The molecule has 1 spiro atoms. The van der Waals surface area contributed by atoms with Crippen molar-refractivity contribution >= 4 is 22.1 Å². The highest BCUT2D eigenvalue weighted by Crippen LogP contribution is 2.45. The minimum Gasteiger partial charge on any atom is -0.477 e. The van der Waals surface area contributed by atoms with E-state index in [0.29, 0.717) is 18.0 Å². The van der Waals surface area contributed by atoms with E-state index in [1.54, 1.807) is 18.5 Å². The lowest BCUT2D eigenvalue weighted by Gasteiger charge is -2.48. The minimum absolute atomic E-state index is 0.0514. The molecular formula is C22H32FN3O3S. The Morgan fingerprint density at radius 3 is 2.83 bits per heavy atom. The summed E-state index contributed by atoms with van der Waals surface area (Å²) in [6.45, 7) is 8.13. The molecule has 1 aromatic carbocycles. The molecule has 0 aliphatic carbocycles. The molecule has 0 amide bonds. The lowest BCUT2D eigenvalue weighted by Crippen LogP contribution is -2.57. The SMILES string of the molecule is CC(C)CC1N=COC1CN1CC[C@]2(CCS(=O)(=O)N2c2cccc(F)c2)C[C@@H]1C. The molecule has 2 fully saturated rings. The van der Waals surface area contributed by atoms with Crippen LogP contribution in [0.3, 0.4) is 0 Å². The Morgan fingerprint density at radius 1 is 1.33 bits per heavy atom. The van der Waals surface area contributed by atoms with Crippen molar-refractivity contribution in [3.05, 3.63) is 30.1 Å². The predicted molar refractivity (Wildman–Crippen MR) is 117 cm³/mol. The van der Waals surface area contributed by atoms with Crippen LogP contribution in [0.1, 0.15) is 46.5 Å². The Bertz CT molecular complexity index is 907. The number of hydrogen-bond acceptors (Lipinski definition) is 5. The molecule has 3 heterocycles. The molecule has 6 nitrogen and oxygen atoms in total. The number of ether oxygens (including phenoxy) is 1. The molecule has 30 heavy (non-hydrogen) atoms. The summed E-state index contributed by atoms with van der Waals surface area (Å²) in [6.07, 6.45) is 4.68. The Hall–Kier alpha value is -1.67. The van der Waals surface area contributed by atoms with E-state index < -0.39 is 21.4 Å².